The first-order valence-corrected chi connectivity index (χ1v) is 6.31. The van der Waals surface area contributed by atoms with E-state index in [9.17, 15) is 4.79 Å². The minimum atomic E-state index is -0.481. The number of carbonyl (C=O) groups excluding carboxylic acids is 1. The van der Waals surface area contributed by atoms with Gasteiger partial charge in [-0.05, 0) is 44.0 Å². The number of hydrogen-bond donors (Lipinski definition) is 2. The number of nitrogens with one attached hydrogen (secondary N) is 2. The molecule has 102 valence electrons. The number of benzene rings is 1. The number of carbonyl (C=O) groups is 1. The Labute approximate surface area is 113 Å². The van der Waals surface area contributed by atoms with Crippen molar-refractivity contribution >= 4 is 11.9 Å². The highest BCUT2D eigenvalue weighted by molar-refractivity contribution is 6.05. The maximum Gasteiger partial charge on any atom is 0.256 e. The van der Waals surface area contributed by atoms with Crippen LogP contribution in [0.15, 0.2) is 23.2 Å². The molecule has 1 heterocycles. The first-order chi connectivity index (χ1) is 9.01. The van der Waals surface area contributed by atoms with E-state index >= 15 is 0 Å². The second-order valence-corrected chi connectivity index (χ2v) is 4.90. The summed E-state index contributed by atoms with van der Waals surface area (Å²) in [5.41, 5.74) is 1.87. The highest BCUT2D eigenvalue weighted by Gasteiger charge is 2.28. The summed E-state index contributed by atoms with van der Waals surface area (Å²) in [5, 5.41) is 5.85. The Morgan fingerprint density at radius 3 is 2.74 bits per heavy atom. The molecule has 0 fully saturated rings. The molecule has 1 aromatic carbocycles. The molecule has 2 N–H and O–H groups in total. The summed E-state index contributed by atoms with van der Waals surface area (Å²) in [7, 11) is 1.63. The number of aryl methyl sites for hydroxylation is 1. The lowest BCUT2D eigenvalue weighted by Crippen LogP contribution is -2.40. The van der Waals surface area contributed by atoms with E-state index in [0.717, 1.165) is 16.9 Å². The number of rotatable bonds is 3. The normalized spacial score (nSPS) is 18.3. The molecular formula is C14H19N3O2. The van der Waals surface area contributed by atoms with Gasteiger partial charge >= 0.3 is 0 Å². The zero-order valence-electron chi connectivity index (χ0n) is 11.7. The van der Waals surface area contributed by atoms with Crippen LogP contribution in [0, 0.1) is 6.92 Å². The van der Waals surface area contributed by atoms with Crippen molar-refractivity contribution in [1.29, 1.82) is 0 Å². The first-order valence-electron chi connectivity index (χ1n) is 6.31. The lowest BCUT2D eigenvalue weighted by Gasteiger charge is -2.09. The molecule has 1 aliphatic rings. The van der Waals surface area contributed by atoms with E-state index in [0.29, 0.717) is 5.96 Å². The molecule has 1 aromatic rings. The van der Waals surface area contributed by atoms with Gasteiger partial charge in [0.05, 0.1) is 7.11 Å². The third-order valence-electron chi connectivity index (χ3n) is 2.91. The van der Waals surface area contributed by atoms with E-state index in [1.54, 1.807) is 7.11 Å². The molecule has 1 amide bonds. The van der Waals surface area contributed by atoms with Crippen LogP contribution >= 0.6 is 0 Å². The SMILES string of the molecule is COc1ccc(C2N=C(NC(C)C)NC2=O)cc1C. The predicted molar refractivity (Wildman–Crippen MR) is 74.3 cm³/mol. The monoisotopic (exact) mass is 261 g/mol. The molecule has 0 saturated carbocycles. The van der Waals surface area contributed by atoms with Crippen molar-refractivity contribution in [3.63, 3.8) is 0 Å². The van der Waals surface area contributed by atoms with Crippen molar-refractivity contribution in [3.05, 3.63) is 29.3 Å². The standard InChI is InChI=1S/C14H19N3O2/c1-8(2)15-14-16-12(13(18)17-14)10-5-6-11(19-4)9(3)7-10/h5-8,12H,1-4H3,(H2,15,16,17,18). The Bertz CT molecular complexity index is 523. The Hall–Kier alpha value is -2.04. The largest absolute Gasteiger partial charge is 0.496 e. The minimum Gasteiger partial charge on any atom is -0.496 e. The fourth-order valence-corrected chi connectivity index (χ4v) is 2.05. The average molecular weight is 261 g/mol. The number of guanidine groups is 1. The molecule has 1 aliphatic heterocycles. The molecule has 1 atom stereocenters. The summed E-state index contributed by atoms with van der Waals surface area (Å²) in [6, 6.07) is 5.42. The van der Waals surface area contributed by atoms with Crippen LogP contribution in [0.25, 0.3) is 0 Å². The summed E-state index contributed by atoms with van der Waals surface area (Å²) in [6.45, 7) is 5.95. The molecule has 0 aromatic heterocycles. The molecule has 0 saturated heterocycles. The fourth-order valence-electron chi connectivity index (χ4n) is 2.05. The molecule has 19 heavy (non-hydrogen) atoms. The second-order valence-electron chi connectivity index (χ2n) is 4.90. The van der Waals surface area contributed by atoms with Crippen LogP contribution in [0.2, 0.25) is 0 Å². The molecule has 5 nitrogen and oxygen atoms in total. The van der Waals surface area contributed by atoms with Gasteiger partial charge < -0.3 is 10.1 Å². The molecule has 0 aliphatic carbocycles. The number of ether oxygens (including phenoxy) is 1. The molecular weight excluding hydrogens is 242 g/mol. The number of aliphatic imine (C=N–C) groups is 1. The van der Waals surface area contributed by atoms with Crippen molar-refractivity contribution in [2.24, 2.45) is 4.99 Å². The van der Waals surface area contributed by atoms with E-state index in [4.69, 9.17) is 4.74 Å². The van der Waals surface area contributed by atoms with Gasteiger partial charge in [-0.25, -0.2) is 4.99 Å². The van der Waals surface area contributed by atoms with Crippen LogP contribution in [0.4, 0.5) is 0 Å². The third kappa shape index (κ3) is 2.86. The van der Waals surface area contributed by atoms with Gasteiger partial charge in [-0.1, -0.05) is 6.07 Å². The lowest BCUT2D eigenvalue weighted by molar-refractivity contribution is -0.120. The van der Waals surface area contributed by atoms with Crippen molar-refractivity contribution in [1.82, 2.24) is 10.6 Å². The maximum atomic E-state index is 11.9. The highest BCUT2D eigenvalue weighted by Crippen LogP contribution is 2.26. The fraction of sp³-hybridized carbons (Fsp3) is 0.429. The van der Waals surface area contributed by atoms with Gasteiger partial charge in [-0.2, -0.15) is 0 Å². The Balaban J connectivity index is 2.24. The average Bonchev–Trinajstić information content (AvgIpc) is 2.69. The van der Waals surface area contributed by atoms with Gasteiger partial charge in [0.25, 0.3) is 5.91 Å². The lowest BCUT2D eigenvalue weighted by atomic mass is 10.0. The minimum absolute atomic E-state index is 0.104. The Morgan fingerprint density at radius 2 is 2.16 bits per heavy atom. The van der Waals surface area contributed by atoms with Gasteiger partial charge in [-0.15, -0.1) is 0 Å². The summed E-state index contributed by atoms with van der Waals surface area (Å²) < 4.78 is 5.21. The van der Waals surface area contributed by atoms with Crippen molar-refractivity contribution in [2.75, 3.05) is 7.11 Å². The molecule has 1 unspecified atom stereocenters. The van der Waals surface area contributed by atoms with E-state index in [-0.39, 0.29) is 11.9 Å². The van der Waals surface area contributed by atoms with Crippen molar-refractivity contribution in [3.8, 4) is 5.75 Å². The van der Waals surface area contributed by atoms with Crippen LogP contribution in [0.1, 0.15) is 31.0 Å². The number of hydrogen-bond acceptors (Lipinski definition) is 4. The van der Waals surface area contributed by atoms with E-state index in [1.165, 1.54) is 0 Å². The van der Waals surface area contributed by atoms with Gasteiger partial charge in [0, 0.05) is 6.04 Å². The van der Waals surface area contributed by atoms with Gasteiger partial charge in [0.2, 0.25) is 0 Å². The number of amides is 1. The van der Waals surface area contributed by atoms with Crippen molar-refractivity contribution < 1.29 is 9.53 Å². The zero-order chi connectivity index (χ0) is 14.0. The third-order valence-corrected chi connectivity index (χ3v) is 2.91. The molecule has 0 radical (unpaired) electrons. The Morgan fingerprint density at radius 1 is 1.42 bits per heavy atom. The smallest absolute Gasteiger partial charge is 0.256 e. The molecule has 2 rings (SSSR count). The number of methoxy groups -OCH3 is 1. The highest BCUT2D eigenvalue weighted by atomic mass is 16.5. The van der Waals surface area contributed by atoms with Crippen molar-refractivity contribution in [2.45, 2.75) is 32.9 Å². The van der Waals surface area contributed by atoms with E-state index < -0.39 is 6.04 Å². The molecule has 0 spiro atoms. The summed E-state index contributed by atoms with van der Waals surface area (Å²) in [6.07, 6.45) is 0. The molecule has 0 bridgehead atoms. The van der Waals surface area contributed by atoms with Crippen LogP contribution in [-0.4, -0.2) is 25.0 Å². The topological polar surface area (TPSA) is 62.7 Å². The van der Waals surface area contributed by atoms with Gasteiger partial charge in [0.15, 0.2) is 12.0 Å². The van der Waals surface area contributed by atoms with E-state index in [2.05, 4.69) is 15.6 Å². The second kappa shape index (κ2) is 5.30. The van der Waals surface area contributed by atoms with Crippen LogP contribution in [0.3, 0.4) is 0 Å². The summed E-state index contributed by atoms with van der Waals surface area (Å²) >= 11 is 0. The van der Waals surface area contributed by atoms with Crippen LogP contribution in [0.5, 0.6) is 5.75 Å². The quantitative estimate of drug-likeness (QED) is 0.867. The maximum absolute atomic E-state index is 11.9. The van der Waals surface area contributed by atoms with Crippen LogP contribution in [-0.2, 0) is 4.79 Å². The van der Waals surface area contributed by atoms with E-state index in [1.807, 2.05) is 39.0 Å². The zero-order valence-corrected chi connectivity index (χ0v) is 11.7. The molecule has 5 heteroatoms. The summed E-state index contributed by atoms with van der Waals surface area (Å²) in [5.74, 6) is 1.25. The number of nitrogens with zero attached hydrogens (tertiary/aromatic N) is 1. The Kier molecular flexibility index (Phi) is 3.74. The van der Waals surface area contributed by atoms with Gasteiger partial charge in [0.1, 0.15) is 5.75 Å². The summed E-state index contributed by atoms with van der Waals surface area (Å²) in [4.78, 5) is 16.3. The van der Waals surface area contributed by atoms with Gasteiger partial charge in [-0.3, -0.25) is 10.1 Å². The van der Waals surface area contributed by atoms with Crippen LogP contribution < -0.4 is 15.4 Å². The predicted octanol–water partition coefficient (Wildman–Crippen LogP) is 1.53. The first kappa shape index (κ1) is 13.4.